The number of aliphatic hydroxyl groups is 1. The predicted octanol–water partition coefficient (Wildman–Crippen LogP) is 5.72. The molecule has 3 aromatic carbocycles. The van der Waals surface area contributed by atoms with E-state index in [4.69, 9.17) is 0 Å². The average molecular weight is 437 g/mol. The van der Waals surface area contributed by atoms with Crippen LogP contribution in [0.15, 0.2) is 113 Å². The number of rotatable bonds is 6. The molecule has 0 heterocycles. The van der Waals surface area contributed by atoms with E-state index in [1.165, 1.54) is 6.92 Å². The fraction of sp³-hybridized carbons (Fsp3) is 0.0741. The van der Waals surface area contributed by atoms with Crippen LogP contribution >= 0.6 is 0 Å². The Labute approximate surface area is 192 Å². The van der Waals surface area contributed by atoms with Gasteiger partial charge in [0.25, 0.3) is 5.91 Å². The molecule has 1 amide bonds. The Bertz CT molecular complexity index is 1210. The Morgan fingerprint density at radius 1 is 0.697 bits per heavy atom. The molecule has 1 atom stereocenters. The number of para-hydroxylation sites is 1. The van der Waals surface area contributed by atoms with Crippen molar-refractivity contribution in [3.05, 3.63) is 103 Å². The molecule has 1 unspecified atom stereocenters. The van der Waals surface area contributed by atoms with Gasteiger partial charge in [-0.05, 0) is 91.9 Å². The molecule has 3 aromatic rings. The van der Waals surface area contributed by atoms with Crippen molar-refractivity contribution in [1.29, 1.82) is 0 Å². The molecular weight excluding hydrogens is 412 g/mol. The number of allylic oxidation sites excluding steroid dienone is 4. The van der Waals surface area contributed by atoms with E-state index in [1.807, 2.05) is 78.9 Å². The highest BCUT2D eigenvalue weighted by molar-refractivity contribution is 6.19. The van der Waals surface area contributed by atoms with Crippen LogP contribution in [-0.2, 0) is 4.79 Å². The first-order valence-electron chi connectivity index (χ1n) is 10.6. The summed E-state index contributed by atoms with van der Waals surface area (Å²) < 4.78 is 0. The maximum absolute atomic E-state index is 11.5. The van der Waals surface area contributed by atoms with Gasteiger partial charge in [0.2, 0.25) is 0 Å². The van der Waals surface area contributed by atoms with Gasteiger partial charge < -0.3 is 15.7 Å². The summed E-state index contributed by atoms with van der Waals surface area (Å²) in [5, 5.41) is 15.3. The van der Waals surface area contributed by atoms with Crippen LogP contribution in [0, 0.1) is 0 Å². The number of aliphatic hydroxyl groups excluding tert-OH is 1. The molecule has 0 spiro atoms. The lowest BCUT2D eigenvalue weighted by molar-refractivity contribution is -0.123. The van der Waals surface area contributed by atoms with Crippen molar-refractivity contribution in [1.82, 2.24) is 0 Å². The van der Waals surface area contributed by atoms with Gasteiger partial charge in [0.15, 0.2) is 0 Å². The van der Waals surface area contributed by atoms with E-state index in [2.05, 4.69) is 20.6 Å². The average Bonchev–Trinajstić information content (AvgIpc) is 2.83. The van der Waals surface area contributed by atoms with E-state index in [1.54, 1.807) is 24.3 Å². The number of benzene rings is 3. The van der Waals surface area contributed by atoms with Gasteiger partial charge in [-0.25, -0.2) is 9.98 Å². The number of carbonyl (C=O) groups is 1. The smallest absolute Gasteiger partial charge is 0.252 e. The van der Waals surface area contributed by atoms with Gasteiger partial charge in [-0.15, -0.1) is 0 Å². The molecule has 6 nitrogen and oxygen atoms in total. The summed E-state index contributed by atoms with van der Waals surface area (Å²) in [6.45, 7) is 1.42. The van der Waals surface area contributed by atoms with Crippen molar-refractivity contribution in [2.24, 2.45) is 9.98 Å². The van der Waals surface area contributed by atoms with Crippen molar-refractivity contribution < 1.29 is 9.90 Å². The van der Waals surface area contributed by atoms with Gasteiger partial charge in [0, 0.05) is 17.1 Å². The van der Waals surface area contributed by atoms with E-state index in [0.717, 1.165) is 34.2 Å². The van der Waals surface area contributed by atoms with Gasteiger partial charge in [0.1, 0.15) is 6.10 Å². The van der Waals surface area contributed by atoms with Crippen molar-refractivity contribution in [3.8, 4) is 0 Å². The predicted molar refractivity (Wildman–Crippen MR) is 135 cm³/mol. The highest BCUT2D eigenvalue weighted by atomic mass is 16.3. The third-order valence-corrected chi connectivity index (χ3v) is 4.81. The molecule has 0 saturated heterocycles. The zero-order valence-electron chi connectivity index (χ0n) is 18.1. The normalized spacial score (nSPS) is 13.4. The van der Waals surface area contributed by atoms with Gasteiger partial charge in [-0.2, -0.15) is 0 Å². The van der Waals surface area contributed by atoms with Crippen molar-refractivity contribution in [2.75, 3.05) is 10.6 Å². The molecule has 0 aromatic heterocycles. The molecule has 0 radical (unpaired) electrons. The molecule has 6 heteroatoms. The Kier molecular flexibility index (Phi) is 6.87. The number of amides is 1. The summed E-state index contributed by atoms with van der Waals surface area (Å²) in [5.74, 6) is -0.443. The van der Waals surface area contributed by atoms with Gasteiger partial charge in [-0.1, -0.05) is 18.2 Å². The lowest BCUT2D eigenvalue weighted by atomic mass is 10.1. The molecular formula is C27H24N4O2. The number of anilines is 3. The molecule has 33 heavy (non-hydrogen) atoms. The van der Waals surface area contributed by atoms with Gasteiger partial charge in [-0.3, -0.25) is 4.79 Å². The first kappa shape index (κ1) is 21.9. The number of carbonyl (C=O) groups excluding carboxylic acids is 1. The van der Waals surface area contributed by atoms with Crippen LogP contribution in [0.25, 0.3) is 0 Å². The number of hydrogen-bond acceptors (Lipinski definition) is 5. The SMILES string of the molecule is CC(O)C(=O)Nc1ccc(N=C2C=CC(=Nc3ccc(Nc4ccccc4)cc3)C=C2)cc1. The minimum atomic E-state index is -1.05. The van der Waals surface area contributed by atoms with E-state index < -0.39 is 12.0 Å². The molecule has 1 aliphatic carbocycles. The summed E-state index contributed by atoms with van der Waals surface area (Å²) in [5.41, 5.74) is 5.93. The first-order valence-corrected chi connectivity index (χ1v) is 10.6. The van der Waals surface area contributed by atoms with Crippen LogP contribution in [0.4, 0.5) is 28.4 Å². The summed E-state index contributed by atoms with van der Waals surface area (Å²) in [4.78, 5) is 20.8. The largest absolute Gasteiger partial charge is 0.384 e. The number of nitrogens with one attached hydrogen (secondary N) is 2. The summed E-state index contributed by atoms with van der Waals surface area (Å²) in [6, 6.07) is 25.1. The Morgan fingerprint density at radius 3 is 1.64 bits per heavy atom. The van der Waals surface area contributed by atoms with E-state index >= 15 is 0 Å². The molecule has 0 aliphatic heterocycles. The lowest BCUT2D eigenvalue weighted by Crippen LogP contribution is -2.24. The highest BCUT2D eigenvalue weighted by Crippen LogP contribution is 2.21. The summed E-state index contributed by atoms with van der Waals surface area (Å²) >= 11 is 0. The zero-order valence-corrected chi connectivity index (χ0v) is 18.1. The van der Waals surface area contributed by atoms with Crippen molar-refractivity contribution in [3.63, 3.8) is 0 Å². The second-order valence-electron chi connectivity index (χ2n) is 7.49. The van der Waals surface area contributed by atoms with Crippen LogP contribution < -0.4 is 10.6 Å². The maximum Gasteiger partial charge on any atom is 0.252 e. The number of nitrogens with zero attached hydrogens (tertiary/aromatic N) is 2. The quantitative estimate of drug-likeness (QED) is 0.432. The second-order valence-corrected chi connectivity index (χ2v) is 7.49. The standard InChI is InChI=1S/C27H24N4O2/c1-19(32)27(33)31-26-17-15-25(16-18-26)30-24-13-11-23(12-14-24)29-22-9-7-21(8-10-22)28-20-5-3-2-4-6-20/h2-19,28,32H,1H3,(H,31,33). The Hall–Kier alpha value is -4.29. The molecule has 3 N–H and O–H groups in total. The van der Waals surface area contributed by atoms with Crippen molar-refractivity contribution >= 4 is 45.8 Å². The summed E-state index contributed by atoms with van der Waals surface area (Å²) in [7, 11) is 0. The Balaban J connectivity index is 1.37. The third-order valence-electron chi connectivity index (χ3n) is 4.81. The van der Waals surface area contributed by atoms with Gasteiger partial charge >= 0.3 is 0 Å². The van der Waals surface area contributed by atoms with Crippen LogP contribution in [0.2, 0.25) is 0 Å². The highest BCUT2D eigenvalue weighted by Gasteiger charge is 2.08. The third kappa shape index (κ3) is 6.35. The fourth-order valence-electron chi connectivity index (χ4n) is 3.07. The van der Waals surface area contributed by atoms with Gasteiger partial charge in [0.05, 0.1) is 22.8 Å². The van der Waals surface area contributed by atoms with E-state index in [-0.39, 0.29) is 0 Å². The van der Waals surface area contributed by atoms with E-state index in [0.29, 0.717) is 5.69 Å². The fourth-order valence-corrected chi connectivity index (χ4v) is 3.07. The molecule has 4 rings (SSSR count). The monoisotopic (exact) mass is 436 g/mol. The molecule has 0 fully saturated rings. The van der Waals surface area contributed by atoms with Crippen LogP contribution in [0.1, 0.15) is 6.92 Å². The zero-order chi connectivity index (χ0) is 23.0. The molecule has 0 bridgehead atoms. The summed E-state index contributed by atoms with van der Waals surface area (Å²) in [6.07, 6.45) is 6.61. The molecule has 0 saturated carbocycles. The van der Waals surface area contributed by atoms with Crippen molar-refractivity contribution in [2.45, 2.75) is 13.0 Å². The van der Waals surface area contributed by atoms with Crippen LogP contribution in [0.3, 0.4) is 0 Å². The number of aliphatic imine (C=N–C) groups is 2. The topological polar surface area (TPSA) is 86.1 Å². The molecule has 1 aliphatic rings. The van der Waals surface area contributed by atoms with E-state index in [9.17, 15) is 9.90 Å². The lowest BCUT2D eigenvalue weighted by Gasteiger charge is -2.08. The second kappa shape index (κ2) is 10.3. The van der Waals surface area contributed by atoms with Crippen LogP contribution in [-0.4, -0.2) is 28.5 Å². The number of hydrogen-bond donors (Lipinski definition) is 3. The minimum absolute atomic E-state index is 0.443. The molecule has 164 valence electrons. The minimum Gasteiger partial charge on any atom is -0.384 e. The Morgan fingerprint density at radius 2 is 1.15 bits per heavy atom. The van der Waals surface area contributed by atoms with Crippen LogP contribution in [0.5, 0.6) is 0 Å². The maximum atomic E-state index is 11.5. The first-order chi connectivity index (χ1) is 16.0.